The molecule has 0 radical (unpaired) electrons. The van der Waals surface area contributed by atoms with Gasteiger partial charge in [-0.25, -0.2) is 9.99 Å². The predicted octanol–water partition coefficient (Wildman–Crippen LogP) is 1.39. The molecule has 0 saturated carbocycles. The fourth-order valence-electron chi connectivity index (χ4n) is 2.63. The molecule has 1 aliphatic heterocycles. The van der Waals surface area contributed by atoms with E-state index in [1.165, 1.54) is 18.4 Å². The van der Waals surface area contributed by atoms with E-state index in [4.69, 9.17) is 11.0 Å². The van der Waals surface area contributed by atoms with E-state index in [2.05, 4.69) is 16.2 Å². The van der Waals surface area contributed by atoms with Gasteiger partial charge in [0.1, 0.15) is 10.7 Å². The summed E-state index contributed by atoms with van der Waals surface area (Å²) in [5.41, 5.74) is 7.15. The van der Waals surface area contributed by atoms with Crippen LogP contribution in [0.3, 0.4) is 0 Å². The van der Waals surface area contributed by atoms with Crippen LogP contribution in [0.5, 0.6) is 0 Å². The highest BCUT2D eigenvalue weighted by Crippen LogP contribution is 2.30. The van der Waals surface area contributed by atoms with Crippen molar-refractivity contribution in [3.05, 3.63) is 51.5 Å². The Labute approximate surface area is 148 Å². The SMILES string of the molecule is CN1N=C(C(N)=O)C(c2ncc(Cc3cccc(C#N)c3)s2)CC1=O. The first kappa shape index (κ1) is 16.8. The van der Waals surface area contributed by atoms with Crippen molar-refractivity contribution in [2.45, 2.75) is 18.8 Å². The molecule has 126 valence electrons. The molecule has 1 aliphatic rings. The summed E-state index contributed by atoms with van der Waals surface area (Å²) in [6.07, 6.45) is 2.46. The van der Waals surface area contributed by atoms with Gasteiger partial charge in [0, 0.05) is 31.0 Å². The average molecular weight is 353 g/mol. The van der Waals surface area contributed by atoms with E-state index >= 15 is 0 Å². The first-order chi connectivity index (χ1) is 12.0. The van der Waals surface area contributed by atoms with E-state index in [-0.39, 0.29) is 18.0 Å². The van der Waals surface area contributed by atoms with Gasteiger partial charge < -0.3 is 5.73 Å². The molecule has 0 bridgehead atoms. The van der Waals surface area contributed by atoms with Crippen LogP contribution in [0.4, 0.5) is 0 Å². The molecule has 1 aromatic carbocycles. The molecule has 2 heterocycles. The Kier molecular flexibility index (Phi) is 4.59. The summed E-state index contributed by atoms with van der Waals surface area (Å²) in [5, 5.41) is 14.8. The van der Waals surface area contributed by atoms with Crippen LogP contribution in [-0.4, -0.2) is 34.6 Å². The van der Waals surface area contributed by atoms with Crippen LogP contribution in [0, 0.1) is 11.3 Å². The third-order valence-corrected chi connectivity index (χ3v) is 4.99. The minimum Gasteiger partial charge on any atom is -0.364 e. The Hall–Kier alpha value is -3.05. The van der Waals surface area contributed by atoms with E-state index in [1.54, 1.807) is 12.3 Å². The van der Waals surface area contributed by atoms with Crippen molar-refractivity contribution >= 4 is 28.9 Å². The normalized spacial score (nSPS) is 17.1. The minimum atomic E-state index is -0.650. The van der Waals surface area contributed by atoms with Gasteiger partial charge in [-0.05, 0) is 17.7 Å². The van der Waals surface area contributed by atoms with Crippen LogP contribution in [0.15, 0.2) is 35.6 Å². The quantitative estimate of drug-likeness (QED) is 0.895. The summed E-state index contributed by atoms with van der Waals surface area (Å²) in [6.45, 7) is 0. The molecule has 0 saturated heterocycles. The third-order valence-electron chi connectivity index (χ3n) is 3.88. The second kappa shape index (κ2) is 6.83. The molecule has 3 rings (SSSR count). The van der Waals surface area contributed by atoms with Crippen molar-refractivity contribution in [3.63, 3.8) is 0 Å². The molecule has 25 heavy (non-hydrogen) atoms. The smallest absolute Gasteiger partial charge is 0.265 e. The predicted molar refractivity (Wildman–Crippen MR) is 92.8 cm³/mol. The molecule has 1 aromatic heterocycles. The van der Waals surface area contributed by atoms with Gasteiger partial charge in [0.2, 0.25) is 5.91 Å². The second-order valence-electron chi connectivity index (χ2n) is 5.68. The topological polar surface area (TPSA) is 112 Å². The van der Waals surface area contributed by atoms with Gasteiger partial charge in [0.15, 0.2) is 0 Å². The van der Waals surface area contributed by atoms with Crippen molar-refractivity contribution < 1.29 is 9.59 Å². The lowest BCUT2D eigenvalue weighted by Crippen LogP contribution is -2.39. The summed E-state index contributed by atoms with van der Waals surface area (Å²) in [5.74, 6) is -1.35. The zero-order valence-corrected chi connectivity index (χ0v) is 14.3. The Morgan fingerprint density at radius 1 is 1.52 bits per heavy atom. The van der Waals surface area contributed by atoms with Gasteiger partial charge in [-0.1, -0.05) is 12.1 Å². The molecule has 8 heteroatoms. The van der Waals surface area contributed by atoms with Crippen LogP contribution in [0.1, 0.15) is 33.4 Å². The van der Waals surface area contributed by atoms with Gasteiger partial charge in [0.05, 0.1) is 17.6 Å². The molecular weight excluding hydrogens is 338 g/mol. The number of nitrogens with zero attached hydrogens (tertiary/aromatic N) is 4. The molecular formula is C17H15N5O2S. The fourth-order valence-corrected chi connectivity index (χ4v) is 3.69. The summed E-state index contributed by atoms with van der Waals surface area (Å²) in [6, 6.07) is 9.47. The molecule has 0 aliphatic carbocycles. The summed E-state index contributed by atoms with van der Waals surface area (Å²) in [4.78, 5) is 28.9. The molecule has 1 unspecified atom stereocenters. The average Bonchev–Trinajstić information content (AvgIpc) is 3.05. The number of amides is 2. The van der Waals surface area contributed by atoms with Crippen LogP contribution in [0.25, 0.3) is 0 Å². The highest BCUT2D eigenvalue weighted by molar-refractivity contribution is 7.11. The minimum absolute atomic E-state index is 0.120. The molecule has 7 nitrogen and oxygen atoms in total. The van der Waals surface area contributed by atoms with E-state index in [9.17, 15) is 9.59 Å². The van der Waals surface area contributed by atoms with Gasteiger partial charge in [-0.15, -0.1) is 11.3 Å². The third kappa shape index (κ3) is 3.56. The number of hydrogen-bond acceptors (Lipinski definition) is 6. The number of primary amides is 1. The zero-order valence-electron chi connectivity index (χ0n) is 13.5. The highest BCUT2D eigenvalue weighted by Gasteiger charge is 2.33. The number of nitrogens with two attached hydrogens (primary N) is 1. The van der Waals surface area contributed by atoms with E-state index in [0.717, 1.165) is 15.4 Å². The largest absolute Gasteiger partial charge is 0.364 e. The zero-order chi connectivity index (χ0) is 18.0. The van der Waals surface area contributed by atoms with Gasteiger partial charge in [-0.2, -0.15) is 10.4 Å². The number of hydrogen-bond donors (Lipinski definition) is 1. The summed E-state index contributed by atoms with van der Waals surface area (Å²) in [7, 11) is 1.50. The number of aromatic nitrogens is 1. The molecule has 1 atom stereocenters. The van der Waals surface area contributed by atoms with Crippen LogP contribution >= 0.6 is 11.3 Å². The van der Waals surface area contributed by atoms with Crippen molar-refractivity contribution in [1.29, 1.82) is 5.26 Å². The van der Waals surface area contributed by atoms with Crippen LogP contribution in [0.2, 0.25) is 0 Å². The van der Waals surface area contributed by atoms with Crippen molar-refractivity contribution in [2.75, 3.05) is 7.05 Å². The lowest BCUT2D eigenvalue weighted by Gasteiger charge is -2.24. The number of nitriles is 1. The molecule has 0 spiro atoms. The monoisotopic (exact) mass is 353 g/mol. The second-order valence-corrected chi connectivity index (χ2v) is 6.82. The number of carbonyl (C=O) groups is 2. The van der Waals surface area contributed by atoms with Gasteiger partial charge in [-0.3, -0.25) is 9.59 Å². The molecule has 2 N–H and O–H groups in total. The fraction of sp³-hybridized carbons (Fsp3) is 0.235. The van der Waals surface area contributed by atoms with Crippen molar-refractivity contribution in [2.24, 2.45) is 10.8 Å². The van der Waals surface area contributed by atoms with E-state index in [0.29, 0.717) is 17.0 Å². The number of rotatable bonds is 4. The van der Waals surface area contributed by atoms with Crippen LogP contribution < -0.4 is 5.73 Å². The Morgan fingerprint density at radius 2 is 2.32 bits per heavy atom. The molecule has 0 fully saturated rings. The van der Waals surface area contributed by atoms with Gasteiger partial charge >= 0.3 is 0 Å². The Morgan fingerprint density at radius 3 is 3.04 bits per heavy atom. The van der Waals surface area contributed by atoms with Crippen LogP contribution in [-0.2, 0) is 16.0 Å². The van der Waals surface area contributed by atoms with E-state index in [1.807, 2.05) is 18.2 Å². The highest BCUT2D eigenvalue weighted by atomic mass is 32.1. The number of carbonyl (C=O) groups excluding carboxylic acids is 2. The van der Waals surface area contributed by atoms with Gasteiger partial charge in [0.25, 0.3) is 5.91 Å². The standard InChI is InChI=1S/C17H15N5O2S/c1-22-14(23)7-13(15(21-22)16(19)24)17-20-9-12(25-17)6-10-3-2-4-11(5-10)8-18/h2-5,9,13H,6-7H2,1H3,(H2,19,24). The molecule has 2 amide bonds. The summed E-state index contributed by atoms with van der Waals surface area (Å²) >= 11 is 1.42. The number of benzene rings is 1. The number of thiazole rings is 1. The van der Waals surface area contributed by atoms with Crippen molar-refractivity contribution in [1.82, 2.24) is 9.99 Å². The molecule has 2 aromatic rings. The summed E-state index contributed by atoms with van der Waals surface area (Å²) < 4.78 is 0. The van der Waals surface area contributed by atoms with E-state index < -0.39 is 11.8 Å². The Balaban J connectivity index is 1.85. The maximum Gasteiger partial charge on any atom is 0.265 e. The van der Waals surface area contributed by atoms with Crippen molar-refractivity contribution in [3.8, 4) is 6.07 Å². The number of hydrazone groups is 1. The Bertz CT molecular complexity index is 912. The lowest BCUT2D eigenvalue weighted by atomic mass is 9.97. The maximum atomic E-state index is 11.9. The first-order valence-corrected chi connectivity index (χ1v) is 8.38. The first-order valence-electron chi connectivity index (χ1n) is 7.56. The lowest BCUT2D eigenvalue weighted by molar-refractivity contribution is -0.130. The maximum absolute atomic E-state index is 11.9.